The summed E-state index contributed by atoms with van der Waals surface area (Å²) in [4.78, 5) is 0.488. The fourth-order valence-electron chi connectivity index (χ4n) is 3.14. The van der Waals surface area contributed by atoms with Crippen LogP contribution < -0.4 is 5.73 Å². The van der Waals surface area contributed by atoms with Gasteiger partial charge in [0.15, 0.2) is 9.84 Å². The number of hydrogen-bond donors (Lipinski definition) is 1. The molecule has 0 amide bonds. The molecule has 0 radical (unpaired) electrons. The average molecular weight is 279 g/mol. The molecule has 19 heavy (non-hydrogen) atoms. The minimum atomic E-state index is -3.16. The van der Waals surface area contributed by atoms with Gasteiger partial charge >= 0.3 is 0 Å². The minimum Gasteiger partial charge on any atom is -0.321 e. The monoisotopic (exact) mass is 279 g/mol. The Kier molecular flexibility index (Phi) is 3.18. The van der Waals surface area contributed by atoms with Crippen LogP contribution in [0.3, 0.4) is 0 Å². The van der Waals surface area contributed by atoms with E-state index in [1.807, 2.05) is 18.2 Å². The number of rotatable bonds is 3. The molecule has 2 fully saturated rings. The molecule has 0 heterocycles. The lowest BCUT2D eigenvalue weighted by Crippen LogP contribution is -2.40. The Bertz CT molecular complexity index is 570. The molecule has 3 rings (SSSR count). The number of nitrogens with two attached hydrogens (primary N) is 1. The first-order chi connectivity index (χ1) is 9.04. The van der Waals surface area contributed by atoms with Crippen molar-refractivity contribution in [3.63, 3.8) is 0 Å². The molecule has 0 saturated heterocycles. The quantitative estimate of drug-likeness (QED) is 0.925. The molecule has 0 bridgehead atoms. The smallest absolute Gasteiger partial charge is 0.181 e. The fourth-order valence-corrected chi connectivity index (χ4v) is 5.10. The van der Waals surface area contributed by atoms with Crippen molar-refractivity contribution in [1.82, 2.24) is 0 Å². The molecule has 2 aliphatic carbocycles. The van der Waals surface area contributed by atoms with Crippen molar-refractivity contribution in [2.75, 3.05) is 0 Å². The van der Waals surface area contributed by atoms with Crippen molar-refractivity contribution in [2.45, 2.75) is 60.6 Å². The standard InChI is InChI=1S/C15H21NO2S/c16-15(10-4-1-5-11-15)13-6-2-3-7-14(13)19(17,18)12-8-9-12/h2-3,6-7,12H,1,4-5,8-11,16H2. The number of benzene rings is 1. The molecule has 0 unspecified atom stereocenters. The topological polar surface area (TPSA) is 60.2 Å². The van der Waals surface area contributed by atoms with Crippen LogP contribution in [0.2, 0.25) is 0 Å². The van der Waals surface area contributed by atoms with Crippen LogP contribution in [0.1, 0.15) is 50.5 Å². The molecular weight excluding hydrogens is 258 g/mol. The summed E-state index contributed by atoms with van der Waals surface area (Å²) in [7, 11) is -3.16. The molecule has 2 saturated carbocycles. The van der Waals surface area contributed by atoms with Gasteiger partial charge < -0.3 is 5.73 Å². The van der Waals surface area contributed by atoms with E-state index in [2.05, 4.69) is 0 Å². The Morgan fingerprint density at radius 2 is 1.68 bits per heavy atom. The fraction of sp³-hybridized carbons (Fsp3) is 0.600. The molecule has 1 aromatic carbocycles. The molecule has 0 spiro atoms. The maximum Gasteiger partial charge on any atom is 0.181 e. The van der Waals surface area contributed by atoms with Gasteiger partial charge in [-0.3, -0.25) is 0 Å². The summed E-state index contributed by atoms with van der Waals surface area (Å²) >= 11 is 0. The van der Waals surface area contributed by atoms with Crippen molar-refractivity contribution in [1.29, 1.82) is 0 Å². The van der Waals surface area contributed by atoms with Crippen molar-refractivity contribution in [3.05, 3.63) is 29.8 Å². The maximum absolute atomic E-state index is 12.5. The molecule has 0 atom stereocenters. The largest absolute Gasteiger partial charge is 0.321 e. The Morgan fingerprint density at radius 3 is 2.32 bits per heavy atom. The van der Waals surface area contributed by atoms with E-state index in [9.17, 15) is 8.42 Å². The van der Waals surface area contributed by atoms with Gasteiger partial charge in [0, 0.05) is 5.54 Å². The van der Waals surface area contributed by atoms with Crippen LogP contribution in [0.4, 0.5) is 0 Å². The van der Waals surface area contributed by atoms with Crippen LogP contribution in [0, 0.1) is 0 Å². The summed E-state index contributed by atoms with van der Waals surface area (Å²) in [6.07, 6.45) is 6.77. The minimum absolute atomic E-state index is 0.166. The zero-order valence-corrected chi connectivity index (χ0v) is 12.0. The highest BCUT2D eigenvalue weighted by molar-refractivity contribution is 7.92. The predicted molar refractivity (Wildman–Crippen MR) is 75.6 cm³/mol. The molecule has 2 aliphatic rings. The molecule has 0 aromatic heterocycles. The summed E-state index contributed by atoms with van der Waals surface area (Å²) in [5, 5.41) is -0.166. The van der Waals surface area contributed by atoms with Gasteiger partial charge in [0.2, 0.25) is 0 Å². The van der Waals surface area contributed by atoms with E-state index in [0.717, 1.165) is 44.1 Å². The maximum atomic E-state index is 12.5. The Hall–Kier alpha value is -0.870. The SMILES string of the molecule is NC1(c2ccccc2S(=O)(=O)C2CC2)CCCCC1. The van der Waals surface area contributed by atoms with Gasteiger partial charge in [-0.2, -0.15) is 0 Å². The third kappa shape index (κ3) is 2.32. The lowest BCUT2D eigenvalue weighted by molar-refractivity contribution is 0.297. The van der Waals surface area contributed by atoms with E-state index in [-0.39, 0.29) is 5.25 Å². The van der Waals surface area contributed by atoms with E-state index in [4.69, 9.17) is 5.73 Å². The summed E-state index contributed by atoms with van der Waals surface area (Å²) in [5.41, 5.74) is 6.94. The number of sulfone groups is 1. The molecule has 2 N–H and O–H groups in total. The summed E-state index contributed by atoms with van der Waals surface area (Å²) in [6, 6.07) is 7.38. The lowest BCUT2D eigenvalue weighted by Gasteiger charge is -2.35. The highest BCUT2D eigenvalue weighted by atomic mass is 32.2. The van der Waals surface area contributed by atoms with Gasteiger partial charge in [-0.15, -0.1) is 0 Å². The van der Waals surface area contributed by atoms with Crippen molar-refractivity contribution in [2.24, 2.45) is 5.73 Å². The van der Waals surface area contributed by atoms with Crippen LogP contribution in [0.15, 0.2) is 29.2 Å². The highest BCUT2D eigenvalue weighted by Gasteiger charge is 2.41. The Balaban J connectivity index is 2.06. The first-order valence-electron chi connectivity index (χ1n) is 7.16. The Labute approximate surface area is 115 Å². The zero-order valence-electron chi connectivity index (χ0n) is 11.1. The average Bonchev–Trinajstić information content (AvgIpc) is 3.24. The van der Waals surface area contributed by atoms with Gasteiger partial charge in [0.05, 0.1) is 10.1 Å². The van der Waals surface area contributed by atoms with Gasteiger partial charge in [0.25, 0.3) is 0 Å². The van der Waals surface area contributed by atoms with Crippen molar-refractivity contribution in [3.8, 4) is 0 Å². The van der Waals surface area contributed by atoms with E-state index in [0.29, 0.717) is 4.90 Å². The van der Waals surface area contributed by atoms with Crippen LogP contribution in [-0.2, 0) is 15.4 Å². The van der Waals surface area contributed by atoms with Crippen LogP contribution >= 0.6 is 0 Å². The molecule has 3 nitrogen and oxygen atoms in total. The Morgan fingerprint density at radius 1 is 1.05 bits per heavy atom. The first-order valence-corrected chi connectivity index (χ1v) is 8.71. The first kappa shape index (κ1) is 13.1. The lowest BCUT2D eigenvalue weighted by atomic mass is 9.77. The summed E-state index contributed by atoms with van der Waals surface area (Å²) in [6.45, 7) is 0. The highest BCUT2D eigenvalue weighted by Crippen LogP contribution is 2.41. The third-order valence-corrected chi connectivity index (χ3v) is 6.76. The number of hydrogen-bond acceptors (Lipinski definition) is 3. The summed E-state index contributed by atoms with van der Waals surface area (Å²) in [5.74, 6) is 0. The second kappa shape index (κ2) is 4.60. The van der Waals surface area contributed by atoms with Crippen LogP contribution in [-0.4, -0.2) is 13.7 Å². The van der Waals surface area contributed by atoms with Gasteiger partial charge in [0.1, 0.15) is 0 Å². The molecule has 4 heteroatoms. The van der Waals surface area contributed by atoms with Gasteiger partial charge in [-0.1, -0.05) is 37.5 Å². The van der Waals surface area contributed by atoms with Crippen LogP contribution in [0.25, 0.3) is 0 Å². The van der Waals surface area contributed by atoms with Crippen molar-refractivity contribution < 1.29 is 8.42 Å². The van der Waals surface area contributed by atoms with E-state index in [1.165, 1.54) is 6.42 Å². The van der Waals surface area contributed by atoms with Gasteiger partial charge in [-0.25, -0.2) is 8.42 Å². The zero-order chi connectivity index (χ0) is 13.5. The van der Waals surface area contributed by atoms with Crippen LogP contribution in [0.5, 0.6) is 0 Å². The third-order valence-electron chi connectivity index (χ3n) is 4.44. The normalized spacial score (nSPS) is 23.2. The second-order valence-corrected chi connectivity index (χ2v) is 8.15. The van der Waals surface area contributed by atoms with Crippen molar-refractivity contribution >= 4 is 9.84 Å². The van der Waals surface area contributed by atoms with Gasteiger partial charge in [-0.05, 0) is 37.3 Å². The molecule has 104 valence electrons. The summed E-state index contributed by atoms with van der Waals surface area (Å²) < 4.78 is 25.1. The molecular formula is C15H21NO2S. The second-order valence-electron chi connectivity index (χ2n) is 5.96. The molecule has 0 aliphatic heterocycles. The van der Waals surface area contributed by atoms with E-state index in [1.54, 1.807) is 6.07 Å². The van der Waals surface area contributed by atoms with E-state index < -0.39 is 15.4 Å². The van der Waals surface area contributed by atoms with E-state index >= 15 is 0 Å². The predicted octanol–water partition coefficient (Wildman–Crippen LogP) is 2.74. The molecule has 1 aromatic rings.